The van der Waals surface area contributed by atoms with Crippen LogP contribution in [0, 0.1) is 0 Å². The Balaban J connectivity index is 1.99. The molecule has 0 aromatic carbocycles. The predicted molar refractivity (Wildman–Crippen MR) is 89.5 cm³/mol. The molecule has 0 radical (unpaired) electrons. The largest absolute Gasteiger partial charge is 0.382 e. The Bertz CT molecular complexity index is 475. The van der Waals surface area contributed by atoms with E-state index in [1.165, 1.54) is 11.3 Å². The number of anilines is 2. The lowest BCUT2D eigenvalue weighted by Crippen LogP contribution is -2.36. The van der Waals surface area contributed by atoms with Gasteiger partial charge in [0.2, 0.25) is 0 Å². The number of thioether (sulfide) groups is 1. The number of thiazole rings is 1. The van der Waals surface area contributed by atoms with Crippen LogP contribution in [0.25, 0.3) is 0 Å². The zero-order valence-electron chi connectivity index (χ0n) is 12.4. The van der Waals surface area contributed by atoms with Crippen molar-refractivity contribution in [2.45, 2.75) is 19.4 Å². The molecule has 6 nitrogen and oxygen atoms in total. The van der Waals surface area contributed by atoms with Gasteiger partial charge in [-0.3, -0.25) is 4.79 Å². The van der Waals surface area contributed by atoms with Crippen LogP contribution in [0.3, 0.4) is 0 Å². The molecule has 1 amide bonds. The molecule has 1 aliphatic heterocycles. The Morgan fingerprint density at radius 3 is 2.95 bits per heavy atom. The molecule has 0 bridgehead atoms. The minimum absolute atomic E-state index is 0.127. The summed E-state index contributed by atoms with van der Waals surface area (Å²) in [6, 6.07) is 0.137. The van der Waals surface area contributed by atoms with Crippen molar-refractivity contribution < 1.29 is 9.53 Å². The highest BCUT2D eigenvalue weighted by Crippen LogP contribution is 2.28. The van der Waals surface area contributed by atoms with Crippen LogP contribution in [0.4, 0.5) is 10.9 Å². The number of hydrogen-bond acceptors (Lipinski definition) is 7. The third-order valence-electron chi connectivity index (χ3n) is 3.26. The van der Waals surface area contributed by atoms with E-state index in [1.54, 1.807) is 11.8 Å². The fraction of sp³-hybridized carbons (Fsp3) is 0.692. The molecular weight excluding hydrogens is 308 g/mol. The Morgan fingerprint density at radius 1 is 1.57 bits per heavy atom. The van der Waals surface area contributed by atoms with Crippen LogP contribution in [-0.2, 0) is 4.74 Å². The molecule has 118 valence electrons. The highest BCUT2D eigenvalue weighted by atomic mass is 32.2. The molecule has 1 aromatic heterocycles. The summed E-state index contributed by atoms with van der Waals surface area (Å²) in [5.74, 6) is 1.22. The maximum atomic E-state index is 12.3. The van der Waals surface area contributed by atoms with E-state index in [0.29, 0.717) is 23.9 Å². The summed E-state index contributed by atoms with van der Waals surface area (Å²) in [4.78, 5) is 19.2. The summed E-state index contributed by atoms with van der Waals surface area (Å²) >= 11 is 3.13. The molecule has 0 saturated carbocycles. The van der Waals surface area contributed by atoms with E-state index in [4.69, 9.17) is 10.5 Å². The molecule has 2 heterocycles. The van der Waals surface area contributed by atoms with Crippen LogP contribution in [0.2, 0.25) is 0 Å². The van der Waals surface area contributed by atoms with Crippen molar-refractivity contribution in [1.82, 2.24) is 10.3 Å². The number of morpholine rings is 1. The van der Waals surface area contributed by atoms with Gasteiger partial charge in [0, 0.05) is 19.1 Å². The molecule has 3 N–H and O–H groups in total. The second-order valence-electron chi connectivity index (χ2n) is 4.97. The first kappa shape index (κ1) is 16.4. The summed E-state index contributed by atoms with van der Waals surface area (Å²) in [5, 5.41) is 3.79. The molecule has 0 aliphatic carbocycles. The van der Waals surface area contributed by atoms with Gasteiger partial charge in [-0.25, -0.2) is 4.98 Å². The van der Waals surface area contributed by atoms with Crippen LogP contribution in [0.15, 0.2) is 0 Å². The van der Waals surface area contributed by atoms with Crippen molar-refractivity contribution in [1.29, 1.82) is 0 Å². The quantitative estimate of drug-likeness (QED) is 0.821. The molecule has 8 heteroatoms. The maximum absolute atomic E-state index is 12.3. The number of hydrogen-bond donors (Lipinski definition) is 2. The number of nitrogens with zero attached hydrogens (tertiary/aromatic N) is 2. The van der Waals surface area contributed by atoms with Gasteiger partial charge in [0.25, 0.3) is 5.91 Å². The SMILES string of the molecule is CSCCC(C)NC(=O)c1sc(N2CCOCC2)nc1N. The fourth-order valence-corrected chi connectivity index (χ4v) is 3.56. The lowest BCUT2D eigenvalue weighted by molar-refractivity contribution is 0.0944. The number of nitrogens with two attached hydrogens (primary N) is 1. The third-order valence-corrected chi connectivity index (χ3v) is 5.04. The Kier molecular flexibility index (Phi) is 6.13. The smallest absolute Gasteiger partial charge is 0.265 e. The van der Waals surface area contributed by atoms with Gasteiger partial charge in [-0.1, -0.05) is 11.3 Å². The van der Waals surface area contributed by atoms with E-state index < -0.39 is 0 Å². The average Bonchev–Trinajstić information content (AvgIpc) is 2.88. The zero-order valence-corrected chi connectivity index (χ0v) is 14.1. The Labute approximate surface area is 133 Å². The highest BCUT2D eigenvalue weighted by molar-refractivity contribution is 7.98. The summed E-state index contributed by atoms with van der Waals surface area (Å²) in [6.45, 7) is 4.96. The van der Waals surface area contributed by atoms with Crippen molar-refractivity contribution >= 4 is 40.0 Å². The monoisotopic (exact) mass is 330 g/mol. The molecule has 2 rings (SSSR count). The van der Waals surface area contributed by atoms with E-state index in [0.717, 1.165) is 30.4 Å². The molecule has 1 unspecified atom stereocenters. The average molecular weight is 330 g/mol. The van der Waals surface area contributed by atoms with Crippen molar-refractivity contribution in [3.05, 3.63) is 4.88 Å². The topological polar surface area (TPSA) is 80.5 Å². The third kappa shape index (κ3) is 4.49. The molecule has 1 saturated heterocycles. The summed E-state index contributed by atoms with van der Waals surface area (Å²) in [7, 11) is 0. The van der Waals surface area contributed by atoms with Crippen molar-refractivity contribution in [3.63, 3.8) is 0 Å². The summed E-state index contributed by atoms with van der Waals surface area (Å²) in [6.07, 6.45) is 3.01. The number of carbonyl (C=O) groups excluding carboxylic acids is 1. The molecule has 1 fully saturated rings. The lowest BCUT2D eigenvalue weighted by atomic mass is 10.2. The second-order valence-corrected chi connectivity index (χ2v) is 6.93. The lowest BCUT2D eigenvalue weighted by Gasteiger charge is -2.25. The van der Waals surface area contributed by atoms with Crippen molar-refractivity contribution in [2.75, 3.05) is 48.9 Å². The van der Waals surface area contributed by atoms with Gasteiger partial charge in [-0.2, -0.15) is 11.8 Å². The first-order valence-electron chi connectivity index (χ1n) is 7.00. The molecule has 1 aromatic rings. The normalized spacial score (nSPS) is 16.8. The molecular formula is C13H22N4O2S2. The minimum Gasteiger partial charge on any atom is -0.382 e. The first-order valence-corrected chi connectivity index (χ1v) is 9.21. The van der Waals surface area contributed by atoms with E-state index in [-0.39, 0.29) is 11.9 Å². The number of amides is 1. The Hall–Kier alpha value is -0.990. The van der Waals surface area contributed by atoms with Crippen LogP contribution in [0.1, 0.15) is 23.0 Å². The van der Waals surface area contributed by atoms with E-state index in [1.807, 2.05) is 6.92 Å². The zero-order chi connectivity index (χ0) is 15.2. The van der Waals surface area contributed by atoms with Gasteiger partial charge in [0.15, 0.2) is 5.13 Å². The van der Waals surface area contributed by atoms with Crippen LogP contribution >= 0.6 is 23.1 Å². The summed E-state index contributed by atoms with van der Waals surface area (Å²) < 4.78 is 5.32. The fourth-order valence-electron chi connectivity index (χ4n) is 2.03. The molecule has 1 atom stereocenters. The number of nitrogens with one attached hydrogen (secondary N) is 1. The van der Waals surface area contributed by atoms with Crippen molar-refractivity contribution in [2.24, 2.45) is 0 Å². The predicted octanol–water partition coefficient (Wildman–Crippen LogP) is 1.43. The number of nitrogen functional groups attached to an aromatic ring is 1. The second kappa shape index (κ2) is 7.86. The van der Waals surface area contributed by atoms with E-state index in [9.17, 15) is 4.79 Å². The first-order chi connectivity index (χ1) is 10.1. The maximum Gasteiger partial charge on any atom is 0.265 e. The van der Waals surface area contributed by atoms with E-state index >= 15 is 0 Å². The number of ether oxygens (including phenoxy) is 1. The van der Waals surface area contributed by atoms with Crippen LogP contribution in [0.5, 0.6) is 0 Å². The van der Waals surface area contributed by atoms with Gasteiger partial charge in [-0.05, 0) is 25.4 Å². The molecule has 0 spiro atoms. The van der Waals surface area contributed by atoms with Crippen LogP contribution < -0.4 is 16.0 Å². The Morgan fingerprint density at radius 2 is 2.29 bits per heavy atom. The summed E-state index contributed by atoms with van der Waals surface area (Å²) in [5.41, 5.74) is 5.90. The standard InChI is InChI=1S/C13H22N4O2S2/c1-9(3-8-20-2)15-12(18)10-11(14)16-13(21-10)17-4-6-19-7-5-17/h9H,3-8,14H2,1-2H3,(H,15,18). The number of rotatable bonds is 6. The van der Waals surface area contributed by atoms with Crippen molar-refractivity contribution in [3.8, 4) is 0 Å². The molecule has 21 heavy (non-hydrogen) atoms. The van der Waals surface area contributed by atoms with Crippen LogP contribution in [-0.4, -0.2) is 55.2 Å². The van der Waals surface area contributed by atoms with Gasteiger partial charge in [0.05, 0.1) is 13.2 Å². The van der Waals surface area contributed by atoms with Gasteiger partial charge < -0.3 is 20.7 Å². The van der Waals surface area contributed by atoms with Gasteiger partial charge in [-0.15, -0.1) is 0 Å². The highest BCUT2D eigenvalue weighted by Gasteiger charge is 2.21. The number of aromatic nitrogens is 1. The number of carbonyl (C=O) groups is 1. The molecule has 1 aliphatic rings. The van der Waals surface area contributed by atoms with Gasteiger partial charge >= 0.3 is 0 Å². The van der Waals surface area contributed by atoms with Gasteiger partial charge in [0.1, 0.15) is 10.7 Å². The van der Waals surface area contributed by atoms with E-state index in [2.05, 4.69) is 21.5 Å². The minimum atomic E-state index is -0.127.